The molecule has 0 atom stereocenters. The maximum atomic E-state index is 12.0. The summed E-state index contributed by atoms with van der Waals surface area (Å²) in [6.07, 6.45) is 0. The molecule has 0 spiro atoms. The zero-order valence-corrected chi connectivity index (χ0v) is 15.3. The molecule has 3 aromatic rings. The van der Waals surface area contributed by atoms with E-state index in [0.717, 1.165) is 9.67 Å². The van der Waals surface area contributed by atoms with Gasteiger partial charge in [0.1, 0.15) is 5.75 Å². The lowest BCUT2D eigenvalue weighted by Crippen LogP contribution is -2.23. The molecule has 2 aromatic heterocycles. The van der Waals surface area contributed by atoms with E-state index < -0.39 is 18.5 Å². The molecule has 9 nitrogen and oxygen atoms in total. The predicted molar refractivity (Wildman–Crippen MR) is 98.3 cm³/mol. The smallest absolute Gasteiger partial charge is 0.330 e. The number of rotatable bonds is 8. The number of anilines is 1. The number of ether oxygens (including phenoxy) is 2. The van der Waals surface area contributed by atoms with Gasteiger partial charge in [0.15, 0.2) is 13.2 Å². The first-order valence-electron chi connectivity index (χ1n) is 8.14. The molecule has 0 aliphatic rings. The Kier molecular flexibility index (Phi) is 6.10. The SMILES string of the molecule is CCOc1ccccc1NC(=O)COC(=O)Cn1nnc(-c2cccs2)n1. The van der Waals surface area contributed by atoms with Gasteiger partial charge >= 0.3 is 5.97 Å². The van der Waals surface area contributed by atoms with Crippen LogP contribution in [0.25, 0.3) is 10.7 Å². The standard InChI is InChI=1S/C17H17N5O4S/c1-2-25-13-7-4-3-6-12(13)18-15(23)11-26-16(24)10-22-20-17(19-21-22)14-8-5-9-27-14/h3-9H,2,10-11H2,1H3,(H,18,23). The van der Waals surface area contributed by atoms with Crippen molar-refractivity contribution in [3.63, 3.8) is 0 Å². The van der Waals surface area contributed by atoms with E-state index in [-0.39, 0.29) is 6.54 Å². The summed E-state index contributed by atoms with van der Waals surface area (Å²) in [7, 11) is 0. The molecule has 0 saturated heterocycles. The van der Waals surface area contributed by atoms with Crippen LogP contribution in [0.4, 0.5) is 5.69 Å². The molecule has 0 aliphatic carbocycles. The zero-order chi connectivity index (χ0) is 19.1. The third-order valence-corrected chi connectivity index (χ3v) is 4.16. The van der Waals surface area contributed by atoms with E-state index in [1.54, 1.807) is 24.3 Å². The fraction of sp³-hybridized carbons (Fsp3) is 0.235. The number of thiophene rings is 1. The van der Waals surface area contributed by atoms with Crippen LogP contribution < -0.4 is 10.1 Å². The van der Waals surface area contributed by atoms with Crippen molar-refractivity contribution >= 4 is 28.9 Å². The van der Waals surface area contributed by atoms with Crippen LogP contribution in [0, 0.1) is 0 Å². The van der Waals surface area contributed by atoms with E-state index >= 15 is 0 Å². The normalized spacial score (nSPS) is 10.4. The van der Waals surface area contributed by atoms with Gasteiger partial charge in [0.25, 0.3) is 5.91 Å². The Labute approximate surface area is 158 Å². The average Bonchev–Trinajstić information content (AvgIpc) is 3.33. The molecular formula is C17H17N5O4S. The molecule has 10 heteroatoms. The second-order valence-electron chi connectivity index (χ2n) is 5.26. The molecule has 1 amide bonds. The number of amides is 1. The molecule has 1 N–H and O–H groups in total. The van der Waals surface area contributed by atoms with Crippen LogP contribution in [0.3, 0.4) is 0 Å². The number of nitrogens with zero attached hydrogens (tertiary/aromatic N) is 4. The Morgan fingerprint density at radius 3 is 2.85 bits per heavy atom. The number of esters is 1. The summed E-state index contributed by atoms with van der Waals surface area (Å²) in [6.45, 7) is 1.66. The number of aromatic nitrogens is 4. The molecule has 0 saturated carbocycles. The number of hydrogen-bond acceptors (Lipinski definition) is 8. The Morgan fingerprint density at radius 2 is 2.07 bits per heavy atom. The summed E-state index contributed by atoms with van der Waals surface area (Å²) in [5.74, 6) is -0.129. The first-order valence-corrected chi connectivity index (χ1v) is 9.02. The Hall–Kier alpha value is -3.27. The molecule has 0 aliphatic heterocycles. The molecule has 0 bridgehead atoms. The lowest BCUT2D eigenvalue weighted by atomic mass is 10.3. The van der Waals surface area contributed by atoms with Gasteiger partial charge in [-0.15, -0.1) is 21.5 Å². The minimum absolute atomic E-state index is 0.235. The van der Waals surface area contributed by atoms with Crippen molar-refractivity contribution in [1.29, 1.82) is 0 Å². The van der Waals surface area contributed by atoms with Crippen molar-refractivity contribution in [3.8, 4) is 16.5 Å². The van der Waals surface area contributed by atoms with Crippen LogP contribution in [-0.2, 0) is 20.9 Å². The van der Waals surface area contributed by atoms with Crippen LogP contribution in [0.15, 0.2) is 41.8 Å². The number of hydrogen-bond donors (Lipinski definition) is 1. The highest BCUT2D eigenvalue weighted by Crippen LogP contribution is 2.23. The molecule has 140 valence electrons. The van der Waals surface area contributed by atoms with Crippen LogP contribution in [-0.4, -0.2) is 45.3 Å². The number of para-hydroxylation sites is 2. The molecule has 0 radical (unpaired) electrons. The van der Waals surface area contributed by atoms with Gasteiger partial charge in [-0.3, -0.25) is 4.79 Å². The maximum Gasteiger partial charge on any atom is 0.330 e. The third-order valence-electron chi connectivity index (χ3n) is 3.29. The summed E-state index contributed by atoms with van der Waals surface area (Å²) in [4.78, 5) is 25.8. The monoisotopic (exact) mass is 387 g/mol. The van der Waals surface area contributed by atoms with Crippen molar-refractivity contribution in [2.75, 3.05) is 18.5 Å². The molecule has 2 heterocycles. The predicted octanol–water partition coefficient (Wildman–Crippen LogP) is 1.98. The summed E-state index contributed by atoms with van der Waals surface area (Å²) >= 11 is 1.47. The molecular weight excluding hydrogens is 370 g/mol. The van der Waals surface area contributed by atoms with Gasteiger partial charge in [0, 0.05) is 0 Å². The minimum atomic E-state index is -0.640. The number of benzene rings is 1. The van der Waals surface area contributed by atoms with Crippen LogP contribution in [0.5, 0.6) is 5.75 Å². The summed E-state index contributed by atoms with van der Waals surface area (Å²) in [5, 5.41) is 16.3. The second kappa shape index (κ2) is 8.90. The topological polar surface area (TPSA) is 108 Å². The van der Waals surface area contributed by atoms with E-state index in [2.05, 4.69) is 20.7 Å². The maximum absolute atomic E-state index is 12.0. The van der Waals surface area contributed by atoms with E-state index in [0.29, 0.717) is 23.9 Å². The third kappa shape index (κ3) is 5.11. The second-order valence-corrected chi connectivity index (χ2v) is 6.21. The van der Waals surface area contributed by atoms with Gasteiger partial charge in [-0.05, 0) is 35.7 Å². The van der Waals surface area contributed by atoms with E-state index in [1.165, 1.54) is 11.3 Å². The Balaban J connectivity index is 1.48. The summed E-state index contributed by atoms with van der Waals surface area (Å²) < 4.78 is 10.4. The van der Waals surface area contributed by atoms with E-state index in [9.17, 15) is 9.59 Å². The van der Waals surface area contributed by atoms with Crippen LogP contribution >= 0.6 is 11.3 Å². The van der Waals surface area contributed by atoms with Gasteiger partial charge in [-0.1, -0.05) is 18.2 Å². The number of carbonyl (C=O) groups is 2. The van der Waals surface area contributed by atoms with Gasteiger partial charge in [0.05, 0.1) is 17.2 Å². The quantitative estimate of drug-likeness (QED) is 0.589. The Morgan fingerprint density at radius 1 is 1.22 bits per heavy atom. The summed E-state index contributed by atoms with van der Waals surface area (Å²) in [5.41, 5.74) is 0.513. The van der Waals surface area contributed by atoms with Crippen LogP contribution in [0.1, 0.15) is 6.92 Å². The Bertz CT molecular complexity index is 910. The largest absolute Gasteiger partial charge is 0.492 e. The number of nitrogens with one attached hydrogen (secondary N) is 1. The fourth-order valence-electron chi connectivity index (χ4n) is 2.16. The highest BCUT2D eigenvalue weighted by molar-refractivity contribution is 7.13. The summed E-state index contributed by atoms with van der Waals surface area (Å²) in [6, 6.07) is 10.7. The number of carbonyl (C=O) groups excluding carboxylic acids is 2. The highest BCUT2D eigenvalue weighted by atomic mass is 32.1. The van der Waals surface area contributed by atoms with E-state index in [4.69, 9.17) is 9.47 Å². The highest BCUT2D eigenvalue weighted by Gasteiger charge is 2.13. The van der Waals surface area contributed by atoms with E-state index in [1.807, 2.05) is 24.4 Å². The first-order chi connectivity index (χ1) is 13.2. The number of tetrazole rings is 1. The van der Waals surface area contributed by atoms with Gasteiger partial charge in [-0.25, -0.2) is 4.79 Å². The van der Waals surface area contributed by atoms with Crippen molar-refractivity contribution in [2.45, 2.75) is 13.5 Å². The van der Waals surface area contributed by atoms with Gasteiger partial charge in [0.2, 0.25) is 5.82 Å². The first kappa shape index (κ1) is 18.5. The average molecular weight is 387 g/mol. The van der Waals surface area contributed by atoms with Crippen LogP contribution in [0.2, 0.25) is 0 Å². The molecule has 0 unspecified atom stereocenters. The van der Waals surface area contributed by atoms with Crippen molar-refractivity contribution in [1.82, 2.24) is 20.2 Å². The lowest BCUT2D eigenvalue weighted by molar-refractivity contribution is -0.148. The minimum Gasteiger partial charge on any atom is -0.492 e. The van der Waals surface area contributed by atoms with Crippen molar-refractivity contribution < 1.29 is 19.1 Å². The molecule has 3 rings (SSSR count). The van der Waals surface area contributed by atoms with Crippen molar-refractivity contribution in [2.24, 2.45) is 0 Å². The van der Waals surface area contributed by atoms with Gasteiger partial charge in [-0.2, -0.15) is 4.80 Å². The molecule has 0 fully saturated rings. The fourth-order valence-corrected chi connectivity index (χ4v) is 2.81. The van der Waals surface area contributed by atoms with Gasteiger partial charge < -0.3 is 14.8 Å². The molecule has 27 heavy (non-hydrogen) atoms. The molecule has 1 aromatic carbocycles. The van der Waals surface area contributed by atoms with Crippen molar-refractivity contribution in [3.05, 3.63) is 41.8 Å². The zero-order valence-electron chi connectivity index (χ0n) is 14.5. The lowest BCUT2D eigenvalue weighted by Gasteiger charge is -2.11.